The van der Waals surface area contributed by atoms with Crippen LogP contribution in [-0.4, -0.2) is 37.6 Å². The van der Waals surface area contributed by atoms with E-state index in [2.05, 4.69) is 25.7 Å². The zero-order valence-electron chi connectivity index (χ0n) is 16.8. The summed E-state index contributed by atoms with van der Waals surface area (Å²) in [6, 6.07) is 15.1. The van der Waals surface area contributed by atoms with Crippen molar-refractivity contribution in [2.75, 3.05) is 5.75 Å². The molecule has 2 aromatic heterocycles. The van der Waals surface area contributed by atoms with E-state index in [-0.39, 0.29) is 16.3 Å². The smallest absolute Gasteiger partial charge is 0.250 e. The van der Waals surface area contributed by atoms with Gasteiger partial charge in [0.25, 0.3) is 5.91 Å². The van der Waals surface area contributed by atoms with Crippen LogP contribution in [0.5, 0.6) is 0 Å². The van der Waals surface area contributed by atoms with Gasteiger partial charge in [-0.25, -0.2) is 9.82 Å². The van der Waals surface area contributed by atoms with Crippen LogP contribution in [0.15, 0.2) is 77.2 Å². The van der Waals surface area contributed by atoms with Gasteiger partial charge in [-0.15, -0.1) is 10.2 Å². The maximum absolute atomic E-state index is 13.8. The zero-order valence-corrected chi connectivity index (χ0v) is 19.2. The van der Waals surface area contributed by atoms with Crippen molar-refractivity contribution in [1.29, 1.82) is 0 Å². The summed E-state index contributed by atoms with van der Waals surface area (Å²) in [7, 11) is 0. The Hall–Kier alpha value is -3.27. The number of halogens is 3. The number of nitrogens with zero attached hydrogens (tertiary/aromatic N) is 5. The number of thioether (sulfide) groups is 1. The first-order valence-corrected chi connectivity index (χ1v) is 11.3. The summed E-state index contributed by atoms with van der Waals surface area (Å²) in [6.45, 7) is 0. The highest BCUT2D eigenvalue weighted by atomic mass is 35.5. The fourth-order valence-electron chi connectivity index (χ4n) is 2.84. The van der Waals surface area contributed by atoms with Crippen molar-refractivity contribution >= 4 is 47.1 Å². The van der Waals surface area contributed by atoms with E-state index in [9.17, 15) is 9.18 Å². The third-order valence-electron chi connectivity index (χ3n) is 4.37. The zero-order chi connectivity index (χ0) is 23.2. The predicted octanol–water partition coefficient (Wildman–Crippen LogP) is 5.02. The number of benzene rings is 2. The normalized spacial score (nSPS) is 11.1. The molecule has 0 radical (unpaired) electrons. The number of carbonyl (C=O) groups excluding carboxylic acids is 1. The summed E-state index contributed by atoms with van der Waals surface area (Å²) in [6.07, 6.45) is 4.49. The van der Waals surface area contributed by atoms with E-state index in [1.807, 2.05) is 28.8 Å². The molecule has 4 rings (SSSR count). The van der Waals surface area contributed by atoms with E-state index in [4.69, 9.17) is 23.2 Å². The molecule has 1 amide bonds. The van der Waals surface area contributed by atoms with Crippen LogP contribution < -0.4 is 5.43 Å². The molecule has 0 aliphatic heterocycles. The average molecular weight is 501 g/mol. The first-order valence-electron chi connectivity index (χ1n) is 9.53. The molecule has 0 spiro atoms. The Bertz CT molecular complexity index is 1280. The summed E-state index contributed by atoms with van der Waals surface area (Å²) in [5.74, 6) is -0.339. The first kappa shape index (κ1) is 22.9. The lowest BCUT2D eigenvalue weighted by molar-refractivity contribution is -0.118. The molecule has 0 bridgehead atoms. The molecule has 33 heavy (non-hydrogen) atoms. The van der Waals surface area contributed by atoms with Crippen LogP contribution in [0.3, 0.4) is 0 Å². The average Bonchev–Trinajstić information content (AvgIpc) is 3.25. The second kappa shape index (κ2) is 10.6. The Balaban J connectivity index is 1.51. The maximum atomic E-state index is 13.8. The minimum absolute atomic E-state index is 0.00438. The van der Waals surface area contributed by atoms with Gasteiger partial charge in [0.2, 0.25) is 0 Å². The third-order valence-corrected chi connectivity index (χ3v) is 5.88. The molecule has 4 aromatic rings. The fraction of sp³-hybridized carbons (Fsp3) is 0.0455. The van der Waals surface area contributed by atoms with Crippen molar-refractivity contribution in [2.45, 2.75) is 5.16 Å². The SMILES string of the molecule is O=C(CSc1nnc(-c2ccncc2)n1-c1ccc(Cl)cc1)N/N=C/c1c(F)cccc1Cl. The van der Waals surface area contributed by atoms with Gasteiger partial charge in [0.05, 0.1) is 17.0 Å². The molecule has 0 saturated carbocycles. The van der Waals surface area contributed by atoms with Crippen molar-refractivity contribution in [2.24, 2.45) is 5.10 Å². The van der Waals surface area contributed by atoms with E-state index in [0.29, 0.717) is 16.0 Å². The summed E-state index contributed by atoms with van der Waals surface area (Å²) in [5.41, 5.74) is 4.05. The number of amides is 1. The number of hydrogen-bond donors (Lipinski definition) is 1. The van der Waals surface area contributed by atoms with Crippen LogP contribution in [0.1, 0.15) is 5.56 Å². The number of rotatable bonds is 7. The Kier molecular flexibility index (Phi) is 7.33. The molecule has 0 atom stereocenters. The van der Waals surface area contributed by atoms with E-state index < -0.39 is 11.7 Å². The Morgan fingerprint density at radius 3 is 2.58 bits per heavy atom. The summed E-state index contributed by atoms with van der Waals surface area (Å²) >= 11 is 13.2. The lowest BCUT2D eigenvalue weighted by atomic mass is 10.2. The van der Waals surface area contributed by atoms with Gasteiger partial charge in [-0.1, -0.05) is 41.0 Å². The second-order valence-corrected chi connectivity index (χ2v) is 8.36. The van der Waals surface area contributed by atoms with E-state index >= 15 is 0 Å². The third kappa shape index (κ3) is 5.57. The monoisotopic (exact) mass is 500 g/mol. The molecule has 0 unspecified atom stereocenters. The Morgan fingerprint density at radius 2 is 1.85 bits per heavy atom. The number of hydrogen-bond acceptors (Lipinski definition) is 6. The van der Waals surface area contributed by atoms with Crippen LogP contribution in [0.25, 0.3) is 17.1 Å². The van der Waals surface area contributed by atoms with Gasteiger partial charge in [-0.3, -0.25) is 14.3 Å². The van der Waals surface area contributed by atoms with Crippen LogP contribution in [0, 0.1) is 5.82 Å². The summed E-state index contributed by atoms with van der Waals surface area (Å²) in [5, 5.41) is 13.6. The van der Waals surface area contributed by atoms with Crippen molar-refractivity contribution in [3.8, 4) is 17.1 Å². The topological polar surface area (TPSA) is 85.1 Å². The van der Waals surface area contributed by atoms with Gasteiger partial charge in [-0.2, -0.15) is 5.10 Å². The molecule has 0 saturated heterocycles. The van der Waals surface area contributed by atoms with Gasteiger partial charge in [0.1, 0.15) is 5.82 Å². The largest absolute Gasteiger partial charge is 0.272 e. The highest BCUT2D eigenvalue weighted by molar-refractivity contribution is 7.99. The number of nitrogens with one attached hydrogen (secondary N) is 1. The highest BCUT2D eigenvalue weighted by Crippen LogP contribution is 2.28. The van der Waals surface area contributed by atoms with Gasteiger partial charge < -0.3 is 0 Å². The molecule has 0 fully saturated rings. The van der Waals surface area contributed by atoms with Crippen molar-refractivity contribution in [3.05, 3.63) is 88.4 Å². The number of carbonyl (C=O) groups is 1. The molecule has 2 heterocycles. The van der Waals surface area contributed by atoms with E-state index in [1.165, 1.54) is 30.0 Å². The molecular weight excluding hydrogens is 486 g/mol. The lowest BCUT2D eigenvalue weighted by Crippen LogP contribution is -2.20. The first-order chi connectivity index (χ1) is 16.0. The van der Waals surface area contributed by atoms with Crippen molar-refractivity contribution in [3.63, 3.8) is 0 Å². The molecule has 0 aliphatic rings. The standard InChI is InChI=1S/C22H15Cl2FN6OS/c23-15-4-6-16(7-5-15)31-21(14-8-10-26-11-9-14)29-30-22(31)33-13-20(32)28-27-12-17-18(24)2-1-3-19(17)25/h1-12H,13H2,(H,28,32)/b27-12+. The molecule has 1 N–H and O–H groups in total. The summed E-state index contributed by atoms with van der Waals surface area (Å²) in [4.78, 5) is 16.3. The predicted molar refractivity (Wildman–Crippen MR) is 127 cm³/mol. The van der Waals surface area contributed by atoms with Gasteiger partial charge >= 0.3 is 0 Å². The summed E-state index contributed by atoms with van der Waals surface area (Å²) < 4.78 is 15.6. The van der Waals surface area contributed by atoms with Crippen molar-refractivity contribution in [1.82, 2.24) is 25.2 Å². The Morgan fingerprint density at radius 1 is 1.09 bits per heavy atom. The van der Waals surface area contributed by atoms with Gasteiger partial charge in [-0.05, 0) is 48.5 Å². The molecule has 166 valence electrons. The second-order valence-electron chi connectivity index (χ2n) is 6.57. The van der Waals surface area contributed by atoms with Crippen LogP contribution in [0.2, 0.25) is 10.0 Å². The number of hydrazone groups is 1. The minimum atomic E-state index is -0.533. The molecule has 2 aromatic carbocycles. The van der Waals surface area contributed by atoms with Crippen LogP contribution >= 0.6 is 35.0 Å². The Labute approximate surface area is 202 Å². The molecule has 7 nitrogen and oxygen atoms in total. The van der Waals surface area contributed by atoms with Crippen LogP contribution in [0.4, 0.5) is 4.39 Å². The molecule has 0 aliphatic carbocycles. The quantitative estimate of drug-likeness (QED) is 0.219. The van der Waals surface area contributed by atoms with Gasteiger partial charge in [0.15, 0.2) is 11.0 Å². The highest BCUT2D eigenvalue weighted by Gasteiger charge is 2.17. The molecule has 11 heteroatoms. The minimum Gasteiger partial charge on any atom is -0.272 e. The number of pyridine rings is 1. The number of aromatic nitrogens is 4. The van der Waals surface area contributed by atoms with E-state index in [1.54, 1.807) is 24.5 Å². The molecular formula is C22H15Cl2FN6OS. The lowest BCUT2D eigenvalue weighted by Gasteiger charge is -2.10. The van der Waals surface area contributed by atoms with E-state index in [0.717, 1.165) is 17.5 Å². The maximum Gasteiger partial charge on any atom is 0.250 e. The van der Waals surface area contributed by atoms with Crippen LogP contribution in [-0.2, 0) is 4.79 Å². The van der Waals surface area contributed by atoms with Crippen molar-refractivity contribution < 1.29 is 9.18 Å². The fourth-order valence-corrected chi connectivity index (χ4v) is 3.92. The van der Waals surface area contributed by atoms with Gasteiger partial charge in [0, 0.05) is 34.2 Å².